The number of aliphatic imine (C=N–C) groups is 1. The van der Waals surface area contributed by atoms with Gasteiger partial charge in [-0.25, -0.2) is 4.79 Å². The van der Waals surface area contributed by atoms with Crippen LogP contribution in [0.1, 0.15) is 33.1 Å². The first-order chi connectivity index (χ1) is 8.98. The molecule has 0 aliphatic carbocycles. The molecule has 0 spiro atoms. The molecule has 0 saturated heterocycles. The van der Waals surface area contributed by atoms with Gasteiger partial charge in [0, 0.05) is 30.8 Å². The number of amides is 1. The molecule has 0 heterocycles. The molecule has 0 fully saturated rings. The van der Waals surface area contributed by atoms with Crippen LogP contribution < -0.4 is 0 Å². The van der Waals surface area contributed by atoms with Gasteiger partial charge in [0.2, 0.25) is 6.08 Å². The van der Waals surface area contributed by atoms with E-state index in [1.165, 1.54) is 6.08 Å². The Morgan fingerprint density at radius 2 is 1.47 bits per heavy atom. The SMILES string of the molecule is CC(C)=C(C(=O)N=C=O)C(CCO)(CCO)CCO. The summed E-state index contributed by atoms with van der Waals surface area (Å²) in [6, 6.07) is 0. The molecule has 6 nitrogen and oxygen atoms in total. The molecule has 3 N–H and O–H groups in total. The minimum Gasteiger partial charge on any atom is -0.396 e. The number of aliphatic hydroxyl groups is 3. The van der Waals surface area contributed by atoms with Gasteiger partial charge < -0.3 is 15.3 Å². The third-order valence-corrected chi connectivity index (χ3v) is 3.16. The van der Waals surface area contributed by atoms with E-state index in [0.717, 1.165) is 0 Å². The first-order valence-corrected chi connectivity index (χ1v) is 6.11. The van der Waals surface area contributed by atoms with Crippen molar-refractivity contribution in [3.05, 3.63) is 11.1 Å². The number of isocyanates is 1. The zero-order valence-corrected chi connectivity index (χ0v) is 11.3. The number of carbonyl (C=O) groups is 1. The van der Waals surface area contributed by atoms with E-state index in [-0.39, 0.29) is 44.7 Å². The second kappa shape index (κ2) is 8.72. The van der Waals surface area contributed by atoms with Crippen molar-refractivity contribution in [2.45, 2.75) is 33.1 Å². The smallest absolute Gasteiger partial charge is 0.284 e. The van der Waals surface area contributed by atoms with Crippen LogP contribution in [-0.4, -0.2) is 47.1 Å². The van der Waals surface area contributed by atoms with Gasteiger partial charge in [-0.05, 0) is 33.1 Å². The normalized spacial score (nSPS) is 10.8. The minimum absolute atomic E-state index is 0.200. The Bertz CT molecular complexity index is 361. The van der Waals surface area contributed by atoms with Gasteiger partial charge in [-0.2, -0.15) is 0 Å². The van der Waals surface area contributed by atoms with E-state index >= 15 is 0 Å². The molecule has 0 rings (SSSR count). The quantitative estimate of drug-likeness (QED) is 0.335. The zero-order valence-electron chi connectivity index (χ0n) is 11.3. The number of allylic oxidation sites excluding steroid dienone is 1. The summed E-state index contributed by atoms with van der Waals surface area (Å²) in [5.74, 6) is -0.731. The highest BCUT2D eigenvalue weighted by Crippen LogP contribution is 2.40. The Kier molecular flexibility index (Phi) is 8.11. The van der Waals surface area contributed by atoms with Crippen molar-refractivity contribution in [1.29, 1.82) is 0 Å². The van der Waals surface area contributed by atoms with Crippen LogP contribution in [0.2, 0.25) is 0 Å². The fourth-order valence-corrected chi connectivity index (χ4v) is 2.46. The molecule has 0 radical (unpaired) electrons. The summed E-state index contributed by atoms with van der Waals surface area (Å²) in [5.41, 5.74) is 0.0153. The van der Waals surface area contributed by atoms with E-state index in [2.05, 4.69) is 4.99 Å². The van der Waals surface area contributed by atoms with E-state index in [1.54, 1.807) is 13.8 Å². The molecular formula is C13H21NO5. The maximum Gasteiger partial charge on any atom is 0.284 e. The highest BCUT2D eigenvalue weighted by molar-refractivity contribution is 5.98. The van der Waals surface area contributed by atoms with Gasteiger partial charge in [0.25, 0.3) is 5.91 Å². The molecule has 0 aliphatic heterocycles. The molecule has 6 heteroatoms. The molecule has 0 aliphatic rings. The van der Waals surface area contributed by atoms with Gasteiger partial charge in [0.1, 0.15) is 0 Å². The Labute approximate surface area is 112 Å². The molecule has 108 valence electrons. The van der Waals surface area contributed by atoms with Crippen LogP contribution in [-0.2, 0) is 9.59 Å². The lowest BCUT2D eigenvalue weighted by atomic mass is 9.70. The Balaban J connectivity index is 5.79. The second-order valence-electron chi connectivity index (χ2n) is 4.58. The molecule has 0 bridgehead atoms. The molecule has 0 saturated carbocycles. The topological polar surface area (TPSA) is 107 Å². The van der Waals surface area contributed by atoms with Gasteiger partial charge in [-0.15, -0.1) is 4.99 Å². The van der Waals surface area contributed by atoms with Crippen molar-refractivity contribution in [1.82, 2.24) is 0 Å². The maximum atomic E-state index is 11.9. The van der Waals surface area contributed by atoms with Crippen LogP contribution in [0.4, 0.5) is 0 Å². The summed E-state index contributed by atoms with van der Waals surface area (Å²) >= 11 is 0. The number of hydrogen-bond acceptors (Lipinski definition) is 5. The van der Waals surface area contributed by atoms with Gasteiger partial charge in [-0.1, -0.05) is 5.57 Å². The highest BCUT2D eigenvalue weighted by atomic mass is 16.3. The Hall–Kier alpha value is -1.33. The van der Waals surface area contributed by atoms with Crippen LogP contribution in [0.15, 0.2) is 16.1 Å². The lowest BCUT2D eigenvalue weighted by Gasteiger charge is -2.34. The fourth-order valence-electron chi connectivity index (χ4n) is 2.46. The van der Waals surface area contributed by atoms with Crippen molar-refractivity contribution in [2.24, 2.45) is 10.4 Å². The van der Waals surface area contributed by atoms with Crippen LogP contribution in [0.25, 0.3) is 0 Å². The molecule has 0 aromatic heterocycles. The van der Waals surface area contributed by atoms with Crippen LogP contribution in [0, 0.1) is 5.41 Å². The van der Waals surface area contributed by atoms with Crippen molar-refractivity contribution in [2.75, 3.05) is 19.8 Å². The van der Waals surface area contributed by atoms with E-state index < -0.39 is 11.3 Å². The van der Waals surface area contributed by atoms with Gasteiger partial charge in [0.05, 0.1) is 0 Å². The van der Waals surface area contributed by atoms with E-state index in [0.29, 0.717) is 5.57 Å². The van der Waals surface area contributed by atoms with Crippen LogP contribution >= 0.6 is 0 Å². The predicted molar refractivity (Wildman–Crippen MR) is 69.0 cm³/mol. The zero-order chi connectivity index (χ0) is 14.9. The second-order valence-corrected chi connectivity index (χ2v) is 4.58. The largest absolute Gasteiger partial charge is 0.396 e. The number of aliphatic hydroxyl groups excluding tert-OH is 3. The van der Waals surface area contributed by atoms with Crippen molar-refractivity contribution in [3.63, 3.8) is 0 Å². The molecule has 0 unspecified atom stereocenters. The molecule has 0 aromatic carbocycles. The summed E-state index contributed by atoms with van der Waals surface area (Å²) in [6.07, 6.45) is 1.81. The third kappa shape index (κ3) is 4.69. The highest BCUT2D eigenvalue weighted by Gasteiger charge is 2.37. The van der Waals surface area contributed by atoms with Crippen molar-refractivity contribution < 1.29 is 24.9 Å². The summed E-state index contributed by atoms with van der Waals surface area (Å²) in [7, 11) is 0. The number of carbonyl (C=O) groups excluding carboxylic acids is 2. The summed E-state index contributed by atoms with van der Waals surface area (Å²) in [4.78, 5) is 25.3. The van der Waals surface area contributed by atoms with Gasteiger partial charge >= 0.3 is 0 Å². The lowest BCUT2D eigenvalue weighted by Crippen LogP contribution is -2.32. The standard InChI is InChI=1S/C13H21NO5/c1-10(2)11(12(19)14-9-18)13(3-6-15,4-7-16)5-8-17/h15-17H,3-8H2,1-2H3. The molecule has 1 amide bonds. The molecule has 0 aromatic rings. The number of nitrogens with zero attached hydrogens (tertiary/aromatic N) is 1. The maximum absolute atomic E-state index is 11.9. The fraction of sp³-hybridized carbons (Fsp3) is 0.692. The van der Waals surface area contributed by atoms with Gasteiger partial charge in [0.15, 0.2) is 0 Å². The monoisotopic (exact) mass is 271 g/mol. The Morgan fingerprint density at radius 3 is 1.74 bits per heavy atom. The molecular weight excluding hydrogens is 250 g/mol. The average molecular weight is 271 g/mol. The predicted octanol–water partition coefficient (Wildman–Crippen LogP) is 0.319. The minimum atomic E-state index is -0.880. The van der Waals surface area contributed by atoms with Crippen LogP contribution in [0.5, 0.6) is 0 Å². The number of rotatable bonds is 8. The van der Waals surface area contributed by atoms with E-state index in [1.807, 2.05) is 0 Å². The third-order valence-electron chi connectivity index (χ3n) is 3.16. The van der Waals surface area contributed by atoms with E-state index in [4.69, 9.17) is 0 Å². The first-order valence-electron chi connectivity index (χ1n) is 6.11. The first kappa shape index (κ1) is 17.7. The Morgan fingerprint density at radius 1 is 1.05 bits per heavy atom. The van der Waals surface area contributed by atoms with Crippen LogP contribution in [0.3, 0.4) is 0 Å². The van der Waals surface area contributed by atoms with E-state index in [9.17, 15) is 24.9 Å². The summed E-state index contributed by atoms with van der Waals surface area (Å²) in [6.45, 7) is 2.78. The van der Waals surface area contributed by atoms with Gasteiger partial charge in [-0.3, -0.25) is 4.79 Å². The lowest BCUT2D eigenvalue weighted by molar-refractivity contribution is -0.115. The summed E-state index contributed by atoms with van der Waals surface area (Å²) < 4.78 is 0. The summed E-state index contributed by atoms with van der Waals surface area (Å²) in [5, 5.41) is 27.6. The molecule has 0 atom stereocenters. The average Bonchev–Trinajstić information content (AvgIpc) is 2.29. The molecule has 19 heavy (non-hydrogen) atoms. The van der Waals surface area contributed by atoms with Crippen molar-refractivity contribution >= 4 is 12.0 Å². The number of hydrogen-bond donors (Lipinski definition) is 3. The van der Waals surface area contributed by atoms with Crippen molar-refractivity contribution in [3.8, 4) is 0 Å².